The molecule has 1 aliphatic heterocycles. The van der Waals surface area contributed by atoms with E-state index in [0.717, 1.165) is 17.7 Å². The summed E-state index contributed by atoms with van der Waals surface area (Å²) in [6.45, 7) is 6.24. The van der Waals surface area contributed by atoms with E-state index in [2.05, 4.69) is 19.2 Å². The molecule has 1 aromatic rings. The third-order valence-corrected chi connectivity index (χ3v) is 6.39. The first-order valence-electron chi connectivity index (χ1n) is 6.57. The highest BCUT2D eigenvalue weighted by Gasteiger charge is 2.34. The molecule has 108 valence electrons. The SMILES string of the molecule is CNCc1cc(S(=O)(=O)N2CCCC(C)(C)C2)cs1. The van der Waals surface area contributed by atoms with Crippen LogP contribution in [0.25, 0.3) is 0 Å². The number of sulfonamides is 1. The second kappa shape index (κ2) is 5.52. The van der Waals surface area contributed by atoms with Crippen LogP contribution in [-0.2, 0) is 16.6 Å². The van der Waals surface area contributed by atoms with E-state index in [9.17, 15) is 8.42 Å². The maximum atomic E-state index is 12.6. The lowest BCUT2D eigenvalue weighted by atomic mass is 9.85. The molecule has 0 amide bonds. The molecule has 1 aromatic heterocycles. The molecular weight excluding hydrogens is 280 g/mol. The van der Waals surface area contributed by atoms with Crippen molar-refractivity contribution in [3.05, 3.63) is 16.3 Å². The Hall–Kier alpha value is -0.430. The van der Waals surface area contributed by atoms with E-state index < -0.39 is 10.0 Å². The molecule has 2 heterocycles. The predicted octanol–water partition coefficient (Wildman–Crippen LogP) is 2.28. The topological polar surface area (TPSA) is 49.4 Å². The van der Waals surface area contributed by atoms with Gasteiger partial charge in [0.05, 0.1) is 4.90 Å². The molecule has 0 unspecified atom stereocenters. The molecule has 0 saturated carbocycles. The van der Waals surface area contributed by atoms with Crippen LogP contribution in [0.1, 0.15) is 31.6 Å². The zero-order valence-corrected chi connectivity index (χ0v) is 13.4. The average Bonchev–Trinajstić information content (AvgIpc) is 2.77. The molecule has 0 spiro atoms. The molecule has 6 heteroatoms. The predicted molar refractivity (Wildman–Crippen MR) is 78.9 cm³/mol. The van der Waals surface area contributed by atoms with Gasteiger partial charge in [0.25, 0.3) is 0 Å². The van der Waals surface area contributed by atoms with Gasteiger partial charge >= 0.3 is 0 Å². The van der Waals surface area contributed by atoms with Crippen LogP contribution in [-0.4, -0.2) is 32.9 Å². The van der Waals surface area contributed by atoms with Gasteiger partial charge in [-0.3, -0.25) is 0 Å². The van der Waals surface area contributed by atoms with E-state index in [4.69, 9.17) is 0 Å². The van der Waals surface area contributed by atoms with Gasteiger partial charge in [-0.1, -0.05) is 13.8 Å². The summed E-state index contributed by atoms with van der Waals surface area (Å²) in [5.74, 6) is 0. The second-order valence-corrected chi connectivity index (χ2v) is 8.82. The number of piperidine rings is 1. The largest absolute Gasteiger partial charge is 0.315 e. The van der Waals surface area contributed by atoms with E-state index in [1.807, 2.05) is 7.05 Å². The van der Waals surface area contributed by atoms with E-state index in [0.29, 0.717) is 24.5 Å². The van der Waals surface area contributed by atoms with Gasteiger partial charge in [0, 0.05) is 29.9 Å². The Bertz CT molecular complexity index is 535. The molecule has 2 rings (SSSR count). The van der Waals surface area contributed by atoms with Crippen LogP contribution in [0, 0.1) is 5.41 Å². The van der Waals surface area contributed by atoms with Gasteiger partial charge < -0.3 is 5.32 Å². The van der Waals surface area contributed by atoms with Crippen molar-refractivity contribution in [3.8, 4) is 0 Å². The molecule has 0 aromatic carbocycles. The van der Waals surface area contributed by atoms with Crippen molar-refractivity contribution in [2.75, 3.05) is 20.1 Å². The van der Waals surface area contributed by atoms with Gasteiger partial charge in [-0.05, 0) is 31.4 Å². The van der Waals surface area contributed by atoms with Crippen molar-refractivity contribution >= 4 is 21.4 Å². The molecular formula is C13H22N2O2S2. The maximum Gasteiger partial charge on any atom is 0.243 e. The van der Waals surface area contributed by atoms with E-state index >= 15 is 0 Å². The van der Waals surface area contributed by atoms with Crippen molar-refractivity contribution in [3.63, 3.8) is 0 Å². The van der Waals surface area contributed by atoms with Crippen LogP contribution in [0.3, 0.4) is 0 Å². The highest BCUT2D eigenvalue weighted by Crippen LogP contribution is 2.32. The summed E-state index contributed by atoms with van der Waals surface area (Å²) in [6, 6.07) is 1.79. The van der Waals surface area contributed by atoms with Gasteiger partial charge in [-0.15, -0.1) is 11.3 Å². The quantitative estimate of drug-likeness (QED) is 0.928. The fourth-order valence-electron chi connectivity index (χ4n) is 2.49. The average molecular weight is 302 g/mol. The minimum Gasteiger partial charge on any atom is -0.315 e. The number of thiophene rings is 1. The Morgan fingerprint density at radius 3 is 2.84 bits per heavy atom. The van der Waals surface area contributed by atoms with Crippen molar-refractivity contribution in [1.29, 1.82) is 0 Å². The monoisotopic (exact) mass is 302 g/mol. The summed E-state index contributed by atoms with van der Waals surface area (Å²) < 4.78 is 26.9. The smallest absolute Gasteiger partial charge is 0.243 e. The van der Waals surface area contributed by atoms with E-state index in [-0.39, 0.29) is 5.41 Å². The van der Waals surface area contributed by atoms with Crippen LogP contribution in [0.2, 0.25) is 0 Å². The van der Waals surface area contributed by atoms with Crippen LogP contribution in [0.4, 0.5) is 0 Å². The maximum absolute atomic E-state index is 12.6. The zero-order chi connectivity index (χ0) is 14.1. The summed E-state index contributed by atoms with van der Waals surface area (Å²) in [5, 5.41) is 4.80. The fraction of sp³-hybridized carbons (Fsp3) is 0.692. The number of hydrogen-bond donors (Lipinski definition) is 1. The molecule has 4 nitrogen and oxygen atoms in total. The number of hydrogen-bond acceptors (Lipinski definition) is 4. The molecule has 19 heavy (non-hydrogen) atoms. The second-order valence-electron chi connectivity index (χ2n) is 5.89. The van der Waals surface area contributed by atoms with Crippen molar-refractivity contribution in [1.82, 2.24) is 9.62 Å². The highest BCUT2D eigenvalue weighted by molar-refractivity contribution is 7.89. The van der Waals surface area contributed by atoms with E-state index in [1.165, 1.54) is 11.3 Å². The minimum atomic E-state index is -3.31. The molecule has 0 atom stereocenters. The summed E-state index contributed by atoms with van der Waals surface area (Å²) in [4.78, 5) is 1.50. The third-order valence-electron chi connectivity index (χ3n) is 3.48. The Balaban J connectivity index is 2.21. The normalized spacial score (nSPS) is 20.6. The Morgan fingerprint density at radius 1 is 1.47 bits per heavy atom. The van der Waals surface area contributed by atoms with Crippen molar-refractivity contribution < 1.29 is 8.42 Å². The summed E-state index contributed by atoms with van der Waals surface area (Å²) in [6.07, 6.45) is 2.04. The van der Waals surface area contributed by atoms with Crippen LogP contribution < -0.4 is 5.32 Å². The van der Waals surface area contributed by atoms with Crippen LogP contribution in [0.5, 0.6) is 0 Å². The molecule has 1 fully saturated rings. The molecule has 1 aliphatic rings. The third kappa shape index (κ3) is 3.37. The minimum absolute atomic E-state index is 0.0785. The fourth-order valence-corrected chi connectivity index (χ4v) is 5.43. The van der Waals surface area contributed by atoms with Crippen LogP contribution in [0.15, 0.2) is 16.3 Å². The lowest BCUT2D eigenvalue weighted by Crippen LogP contribution is -2.43. The number of nitrogens with one attached hydrogen (secondary N) is 1. The lowest BCUT2D eigenvalue weighted by molar-refractivity contribution is 0.187. The summed E-state index contributed by atoms with van der Waals surface area (Å²) in [5.41, 5.74) is 0.0785. The molecule has 1 N–H and O–H groups in total. The summed E-state index contributed by atoms with van der Waals surface area (Å²) in [7, 11) is -1.45. The van der Waals surface area contributed by atoms with Gasteiger partial charge in [0.1, 0.15) is 0 Å². The molecule has 0 aliphatic carbocycles. The Labute approximate surface area is 119 Å². The molecule has 0 radical (unpaired) electrons. The van der Waals surface area contributed by atoms with Crippen molar-refractivity contribution in [2.24, 2.45) is 5.41 Å². The highest BCUT2D eigenvalue weighted by atomic mass is 32.2. The molecule has 0 bridgehead atoms. The lowest BCUT2D eigenvalue weighted by Gasteiger charge is -2.36. The Morgan fingerprint density at radius 2 is 2.21 bits per heavy atom. The first-order chi connectivity index (χ1) is 8.85. The first kappa shape index (κ1) is 15.0. The van der Waals surface area contributed by atoms with Crippen LogP contribution >= 0.6 is 11.3 Å². The van der Waals surface area contributed by atoms with Crippen molar-refractivity contribution in [2.45, 2.75) is 38.1 Å². The summed E-state index contributed by atoms with van der Waals surface area (Å²) >= 11 is 1.50. The van der Waals surface area contributed by atoms with E-state index in [1.54, 1.807) is 15.8 Å². The zero-order valence-electron chi connectivity index (χ0n) is 11.8. The number of rotatable bonds is 4. The van der Waals surface area contributed by atoms with Gasteiger partial charge in [0.15, 0.2) is 0 Å². The van der Waals surface area contributed by atoms with Gasteiger partial charge in [0.2, 0.25) is 10.0 Å². The Kier molecular flexibility index (Phi) is 4.35. The standard InChI is InChI=1S/C13H22N2O2S2/c1-13(2)5-4-6-15(10-13)19(16,17)12-7-11(8-14-3)18-9-12/h7,9,14H,4-6,8,10H2,1-3H3. The van der Waals surface area contributed by atoms with Gasteiger partial charge in [-0.2, -0.15) is 4.31 Å². The first-order valence-corrected chi connectivity index (χ1v) is 8.89. The van der Waals surface area contributed by atoms with Gasteiger partial charge in [-0.25, -0.2) is 8.42 Å². The number of nitrogens with zero attached hydrogens (tertiary/aromatic N) is 1. The molecule has 1 saturated heterocycles.